The highest BCUT2D eigenvalue weighted by molar-refractivity contribution is 7.10. The average molecular weight is 246 g/mol. The first-order valence-electron chi connectivity index (χ1n) is 6.24. The van der Waals surface area contributed by atoms with Crippen molar-refractivity contribution in [3.05, 3.63) is 33.5 Å². The Morgan fingerprint density at radius 3 is 3.06 bits per heavy atom. The molecule has 1 aliphatic rings. The van der Waals surface area contributed by atoms with E-state index in [4.69, 9.17) is 5.26 Å². The van der Waals surface area contributed by atoms with Crippen molar-refractivity contribution in [3.8, 4) is 6.07 Å². The van der Waals surface area contributed by atoms with Gasteiger partial charge in [-0.15, -0.1) is 11.3 Å². The first kappa shape index (κ1) is 12.3. The van der Waals surface area contributed by atoms with E-state index in [0.717, 1.165) is 18.7 Å². The van der Waals surface area contributed by atoms with E-state index < -0.39 is 0 Å². The van der Waals surface area contributed by atoms with Crippen molar-refractivity contribution in [2.24, 2.45) is 0 Å². The third kappa shape index (κ3) is 3.99. The molecule has 17 heavy (non-hydrogen) atoms. The van der Waals surface area contributed by atoms with Crippen LogP contribution in [-0.4, -0.2) is 6.54 Å². The normalized spacial score (nSPS) is 15.4. The van der Waals surface area contributed by atoms with Crippen LogP contribution in [0.25, 0.3) is 0 Å². The number of hydrogen-bond acceptors (Lipinski definition) is 3. The quantitative estimate of drug-likeness (QED) is 0.636. The fourth-order valence-electron chi connectivity index (χ4n) is 2.12. The van der Waals surface area contributed by atoms with Gasteiger partial charge in [0.15, 0.2) is 0 Å². The molecule has 0 fully saturated rings. The number of nitrogens with one attached hydrogen (secondary N) is 1. The van der Waals surface area contributed by atoms with Crippen LogP contribution in [-0.2, 0) is 6.54 Å². The molecule has 0 aliphatic heterocycles. The second-order valence-electron chi connectivity index (χ2n) is 4.45. The minimum Gasteiger partial charge on any atom is -0.312 e. The zero-order valence-electron chi connectivity index (χ0n) is 10.0. The monoisotopic (exact) mass is 246 g/mol. The molecule has 2 rings (SSSR count). The van der Waals surface area contributed by atoms with Crippen molar-refractivity contribution in [3.63, 3.8) is 0 Å². The number of nitriles is 1. The van der Waals surface area contributed by atoms with Crippen molar-refractivity contribution in [1.29, 1.82) is 5.26 Å². The molecule has 0 aromatic carbocycles. The van der Waals surface area contributed by atoms with E-state index in [0.29, 0.717) is 0 Å². The highest BCUT2D eigenvalue weighted by atomic mass is 32.1. The summed E-state index contributed by atoms with van der Waals surface area (Å²) in [5, 5.41) is 14.1. The predicted octanol–water partition coefficient (Wildman–Crippen LogP) is 3.60. The van der Waals surface area contributed by atoms with E-state index >= 15 is 0 Å². The molecule has 0 bridgehead atoms. The molecule has 0 unspecified atom stereocenters. The van der Waals surface area contributed by atoms with Crippen LogP contribution >= 0.6 is 11.3 Å². The Morgan fingerprint density at radius 1 is 1.41 bits per heavy atom. The Bertz CT molecular complexity index is 426. The van der Waals surface area contributed by atoms with Crippen molar-refractivity contribution in [1.82, 2.24) is 5.32 Å². The lowest BCUT2D eigenvalue weighted by molar-refractivity contribution is 0.635. The van der Waals surface area contributed by atoms with E-state index in [2.05, 4.69) is 17.5 Å². The second kappa shape index (κ2) is 6.58. The van der Waals surface area contributed by atoms with Crippen LogP contribution in [0.1, 0.15) is 42.5 Å². The van der Waals surface area contributed by atoms with E-state index in [1.54, 1.807) is 16.9 Å². The summed E-state index contributed by atoms with van der Waals surface area (Å²) >= 11 is 1.66. The van der Waals surface area contributed by atoms with Crippen LogP contribution in [0, 0.1) is 11.3 Å². The van der Waals surface area contributed by atoms with Crippen LogP contribution in [0.2, 0.25) is 0 Å². The SMILES string of the molecule is N#Cc1csc(CNCCC2=CCCCC2)c1. The van der Waals surface area contributed by atoms with Gasteiger partial charge in [-0.05, 0) is 44.7 Å². The van der Waals surface area contributed by atoms with E-state index in [9.17, 15) is 0 Å². The summed E-state index contributed by atoms with van der Waals surface area (Å²) in [6, 6.07) is 4.13. The highest BCUT2D eigenvalue weighted by Crippen LogP contribution is 2.19. The van der Waals surface area contributed by atoms with Crippen LogP contribution in [0.15, 0.2) is 23.1 Å². The van der Waals surface area contributed by atoms with E-state index in [1.165, 1.54) is 37.0 Å². The predicted molar refractivity (Wildman–Crippen MR) is 71.9 cm³/mol. The number of thiophene rings is 1. The molecule has 1 heterocycles. The van der Waals surface area contributed by atoms with Gasteiger partial charge in [0.05, 0.1) is 5.56 Å². The first-order valence-corrected chi connectivity index (χ1v) is 7.12. The van der Waals surface area contributed by atoms with Crippen LogP contribution < -0.4 is 5.32 Å². The zero-order valence-corrected chi connectivity index (χ0v) is 10.9. The Hall–Kier alpha value is -1.11. The molecule has 0 spiro atoms. The molecule has 1 aromatic heterocycles. The lowest BCUT2D eigenvalue weighted by Gasteiger charge is -2.12. The molecule has 0 saturated carbocycles. The molecule has 0 saturated heterocycles. The molecular formula is C14H18N2S. The Labute approximate surface area is 107 Å². The second-order valence-corrected chi connectivity index (χ2v) is 5.44. The molecule has 0 atom stereocenters. The summed E-state index contributed by atoms with van der Waals surface area (Å²) in [5.41, 5.74) is 2.40. The number of nitrogens with zero attached hydrogens (tertiary/aromatic N) is 1. The van der Waals surface area contributed by atoms with Crippen LogP contribution in [0.3, 0.4) is 0 Å². The Balaban J connectivity index is 1.66. The summed E-state index contributed by atoms with van der Waals surface area (Å²) in [6.07, 6.45) is 8.87. The fraction of sp³-hybridized carbons (Fsp3) is 0.500. The fourth-order valence-corrected chi connectivity index (χ4v) is 2.90. The summed E-state index contributed by atoms with van der Waals surface area (Å²) in [5.74, 6) is 0. The maximum absolute atomic E-state index is 8.72. The standard InChI is InChI=1S/C14H18N2S/c15-9-13-8-14(17-11-13)10-16-7-6-12-4-2-1-3-5-12/h4,8,11,16H,1-3,5-7,10H2. The van der Waals surface area contributed by atoms with Crippen molar-refractivity contribution >= 4 is 11.3 Å². The Kier molecular flexibility index (Phi) is 4.78. The number of rotatable bonds is 5. The topological polar surface area (TPSA) is 35.8 Å². The van der Waals surface area contributed by atoms with Gasteiger partial charge in [0.25, 0.3) is 0 Å². The molecule has 1 aromatic rings. The average Bonchev–Trinajstić information content (AvgIpc) is 2.84. The molecule has 0 amide bonds. The molecule has 0 radical (unpaired) electrons. The molecular weight excluding hydrogens is 228 g/mol. The van der Waals surface area contributed by atoms with E-state index in [1.807, 2.05) is 11.4 Å². The minimum absolute atomic E-state index is 0.779. The maximum Gasteiger partial charge on any atom is 0.100 e. The largest absolute Gasteiger partial charge is 0.312 e. The van der Waals surface area contributed by atoms with Gasteiger partial charge in [-0.1, -0.05) is 11.6 Å². The van der Waals surface area contributed by atoms with Gasteiger partial charge in [0, 0.05) is 16.8 Å². The third-order valence-corrected chi connectivity index (χ3v) is 4.03. The van der Waals surface area contributed by atoms with Gasteiger partial charge in [-0.2, -0.15) is 5.26 Å². The minimum atomic E-state index is 0.779. The summed E-state index contributed by atoms with van der Waals surface area (Å²) in [7, 11) is 0. The molecule has 1 aliphatic carbocycles. The molecule has 3 heteroatoms. The third-order valence-electron chi connectivity index (χ3n) is 3.09. The van der Waals surface area contributed by atoms with Gasteiger partial charge < -0.3 is 5.32 Å². The van der Waals surface area contributed by atoms with Gasteiger partial charge in [0.2, 0.25) is 0 Å². The van der Waals surface area contributed by atoms with Crippen LogP contribution in [0.4, 0.5) is 0 Å². The van der Waals surface area contributed by atoms with Gasteiger partial charge in [-0.25, -0.2) is 0 Å². The summed E-state index contributed by atoms with van der Waals surface area (Å²) < 4.78 is 0. The van der Waals surface area contributed by atoms with Gasteiger partial charge in [-0.3, -0.25) is 0 Å². The molecule has 90 valence electrons. The van der Waals surface area contributed by atoms with Crippen LogP contribution in [0.5, 0.6) is 0 Å². The van der Waals surface area contributed by atoms with Crippen molar-refractivity contribution in [2.45, 2.75) is 38.6 Å². The first-order chi connectivity index (χ1) is 8.38. The number of allylic oxidation sites excluding steroid dienone is 1. The van der Waals surface area contributed by atoms with Gasteiger partial charge >= 0.3 is 0 Å². The maximum atomic E-state index is 8.72. The van der Waals surface area contributed by atoms with Crippen molar-refractivity contribution < 1.29 is 0 Å². The summed E-state index contributed by atoms with van der Waals surface area (Å²) in [4.78, 5) is 1.25. The smallest absolute Gasteiger partial charge is 0.100 e. The number of hydrogen-bond donors (Lipinski definition) is 1. The van der Waals surface area contributed by atoms with E-state index in [-0.39, 0.29) is 0 Å². The van der Waals surface area contributed by atoms with Crippen molar-refractivity contribution in [2.75, 3.05) is 6.54 Å². The zero-order chi connectivity index (χ0) is 11.9. The van der Waals surface area contributed by atoms with Gasteiger partial charge in [0.1, 0.15) is 6.07 Å². The lowest BCUT2D eigenvalue weighted by atomic mass is 9.97. The molecule has 1 N–H and O–H groups in total. The Morgan fingerprint density at radius 2 is 2.35 bits per heavy atom. The summed E-state index contributed by atoms with van der Waals surface area (Å²) in [6.45, 7) is 1.94. The highest BCUT2D eigenvalue weighted by Gasteiger charge is 2.03. The molecule has 2 nitrogen and oxygen atoms in total. The lowest BCUT2D eigenvalue weighted by Crippen LogP contribution is -2.14.